The lowest BCUT2D eigenvalue weighted by atomic mass is 9.72. The molecule has 88 valence electrons. The quantitative estimate of drug-likeness (QED) is 0.787. The van der Waals surface area contributed by atoms with Crippen LogP contribution in [0.3, 0.4) is 0 Å². The zero-order valence-electron chi connectivity index (χ0n) is 9.25. The fourth-order valence-electron chi connectivity index (χ4n) is 2.20. The second kappa shape index (κ2) is 5.43. The molecule has 3 atom stereocenters. The molecule has 3 nitrogen and oxygen atoms in total. The van der Waals surface area contributed by atoms with Crippen molar-refractivity contribution in [2.45, 2.75) is 19.1 Å². The molecule has 2 N–H and O–H groups in total. The second-order valence-corrected chi connectivity index (χ2v) is 4.36. The van der Waals surface area contributed by atoms with Gasteiger partial charge in [0.2, 0.25) is 0 Å². The van der Waals surface area contributed by atoms with Crippen molar-refractivity contribution in [3.05, 3.63) is 35.9 Å². The number of hydrogen-bond acceptors (Lipinski definition) is 3. The molecule has 0 aliphatic heterocycles. The number of aliphatic hydroxyl groups excluding tert-OH is 2. The first-order chi connectivity index (χ1) is 7.85. The Morgan fingerprint density at radius 2 is 1.88 bits per heavy atom. The fraction of sp³-hybridized carbons (Fsp3) is 0.538. The van der Waals surface area contributed by atoms with E-state index >= 15 is 0 Å². The maximum absolute atomic E-state index is 9.16. The van der Waals surface area contributed by atoms with Crippen molar-refractivity contribution in [3.63, 3.8) is 0 Å². The Bertz CT molecular complexity index is 312. The summed E-state index contributed by atoms with van der Waals surface area (Å²) in [5.74, 6) is 0.319. The van der Waals surface area contributed by atoms with Gasteiger partial charge in [-0.3, -0.25) is 0 Å². The second-order valence-electron chi connectivity index (χ2n) is 4.36. The lowest BCUT2D eigenvalue weighted by molar-refractivity contribution is -0.122. The average Bonchev–Trinajstić information content (AvgIpc) is 2.30. The van der Waals surface area contributed by atoms with Crippen molar-refractivity contribution in [1.82, 2.24) is 0 Å². The van der Waals surface area contributed by atoms with Crippen LogP contribution in [0.1, 0.15) is 12.0 Å². The molecule has 1 aliphatic rings. The van der Waals surface area contributed by atoms with Crippen LogP contribution in [0.4, 0.5) is 0 Å². The maximum atomic E-state index is 9.16. The minimum atomic E-state index is 0.0994. The molecule has 1 aromatic carbocycles. The lowest BCUT2D eigenvalue weighted by Crippen LogP contribution is -2.46. The van der Waals surface area contributed by atoms with Crippen molar-refractivity contribution in [2.75, 3.05) is 13.2 Å². The number of benzene rings is 1. The van der Waals surface area contributed by atoms with E-state index < -0.39 is 0 Å². The molecule has 1 aromatic rings. The van der Waals surface area contributed by atoms with Crippen LogP contribution in [0, 0.1) is 11.8 Å². The Balaban J connectivity index is 1.79. The van der Waals surface area contributed by atoms with Crippen LogP contribution >= 0.6 is 0 Å². The van der Waals surface area contributed by atoms with Crippen molar-refractivity contribution < 1.29 is 14.9 Å². The van der Waals surface area contributed by atoms with Gasteiger partial charge >= 0.3 is 0 Å². The van der Waals surface area contributed by atoms with Gasteiger partial charge in [0, 0.05) is 19.1 Å². The molecule has 0 saturated heterocycles. The number of ether oxygens (including phenoxy) is 1. The SMILES string of the molecule is OC[C@@H]1C[C@@H](OCc2ccccc2)[C@H]1CO. The summed E-state index contributed by atoms with van der Waals surface area (Å²) in [6, 6.07) is 10.00. The Morgan fingerprint density at radius 1 is 1.12 bits per heavy atom. The third kappa shape index (κ3) is 2.43. The molecule has 3 heteroatoms. The van der Waals surface area contributed by atoms with Crippen molar-refractivity contribution in [1.29, 1.82) is 0 Å². The summed E-state index contributed by atoms with van der Waals surface area (Å²) in [5.41, 5.74) is 1.15. The molecule has 1 fully saturated rings. The van der Waals surface area contributed by atoms with E-state index in [0.717, 1.165) is 12.0 Å². The predicted molar refractivity (Wildman–Crippen MR) is 60.8 cm³/mol. The molecule has 1 saturated carbocycles. The molecule has 2 rings (SSSR count). The molecule has 0 radical (unpaired) electrons. The van der Waals surface area contributed by atoms with E-state index in [1.54, 1.807) is 0 Å². The Kier molecular flexibility index (Phi) is 3.93. The van der Waals surface area contributed by atoms with E-state index in [9.17, 15) is 0 Å². The molecule has 0 unspecified atom stereocenters. The molecule has 16 heavy (non-hydrogen) atoms. The summed E-state index contributed by atoms with van der Waals surface area (Å²) in [4.78, 5) is 0. The zero-order chi connectivity index (χ0) is 11.4. The Morgan fingerprint density at radius 3 is 2.50 bits per heavy atom. The fourth-order valence-corrected chi connectivity index (χ4v) is 2.20. The van der Waals surface area contributed by atoms with Gasteiger partial charge in [-0.05, 0) is 17.9 Å². The summed E-state index contributed by atoms with van der Waals surface area (Å²) < 4.78 is 5.73. The highest BCUT2D eigenvalue weighted by Crippen LogP contribution is 2.36. The van der Waals surface area contributed by atoms with Gasteiger partial charge < -0.3 is 14.9 Å². The van der Waals surface area contributed by atoms with Crippen molar-refractivity contribution >= 4 is 0 Å². The third-order valence-corrected chi connectivity index (χ3v) is 3.37. The van der Waals surface area contributed by atoms with Crippen LogP contribution in [-0.2, 0) is 11.3 Å². The van der Waals surface area contributed by atoms with Gasteiger partial charge in [-0.2, -0.15) is 0 Å². The summed E-state index contributed by atoms with van der Waals surface area (Å²) in [7, 11) is 0. The summed E-state index contributed by atoms with van der Waals surface area (Å²) >= 11 is 0. The van der Waals surface area contributed by atoms with E-state index in [2.05, 4.69) is 0 Å². The zero-order valence-corrected chi connectivity index (χ0v) is 9.25. The normalized spacial score (nSPS) is 28.8. The number of rotatable bonds is 5. The first-order valence-corrected chi connectivity index (χ1v) is 5.72. The summed E-state index contributed by atoms with van der Waals surface area (Å²) in [5, 5.41) is 18.2. The summed E-state index contributed by atoms with van der Waals surface area (Å²) in [6.07, 6.45) is 0.955. The van der Waals surface area contributed by atoms with Gasteiger partial charge in [-0.25, -0.2) is 0 Å². The largest absolute Gasteiger partial charge is 0.396 e. The smallest absolute Gasteiger partial charge is 0.0720 e. The first kappa shape index (κ1) is 11.6. The van der Waals surface area contributed by atoms with Crippen LogP contribution in [0.25, 0.3) is 0 Å². The van der Waals surface area contributed by atoms with Crippen LogP contribution < -0.4 is 0 Å². The van der Waals surface area contributed by atoms with E-state index in [1.165, 1.54) is 0 Å². The van der Waals surface area contributed by atoms with Crippen molar-refractivity contribution in [3.8, 4) is 0 Å². The minimum absolute atomic E-state index is 0.0994. The Labute approximate surface area is 95.7 Å². The number of aliphatic hydroxyl groups is 2. The van der Waals surface area contributed by atoms with Gasteiger partial charge in [0.15, 0.2) is 0 Å². The highest BCUT2D eigenvalue weighted by molar-refractivity contribution is 5.13. The maximum Gasteiger partial charge on any atom is 0.0720 e. The van der Waals surface area contributed by atoms with Crippen molar-refractivity contribution in [2.24, 2.45) is 11.8 Å². The van der Waals surface area contributed by atoms with E-state index in [-0.39, 0.29) is 31.2 Å². The van der Waals surface area contributed by atoms with Crippen LogP contribution in [-0.4, -0.2) is 29.5 Å². The molecular formula is C13H18O3. The summed E-state index contributed by atoms with van der Waals surface area (Å²) in [6.45, 7) is 0.835. The van der Waals surface area contributed by atoms with E-state index in [0.29, 0.717) is 6.61 Å². The average molecular weight is 222 g/mol. The minimum Gasteiger partial charge on any atom is -0.396 e. The van der Waals surface area contributed by atoms with Gasteiger partial charge in [0.25, 0.3) is 0 Å². The predicted octanol–water partition coefficient (Wildman–Crippen LogP) is 1.19. The number of hydrogen-bond donors (Lipinski definition) is 2. The molecule has 0 heterocycles. The topological polar surface area (TPSA) is 49.7 Å². The standard InChI is InChI=1S/C13H18O3/c14-7-11-6-13(12(11)8-15)16-9-10-4-2-1-3-5-10/h1-5,11-15H,6-9H2/t11-,12-,13+/m0/s1. The molecule has 0 amide bonds. The highest BCUT2D eigenvalue weighted by Gasteiger charge is 2.40. The van der Waals surface area contributed by atoms with Crippen LogP contribution in [0.5, 0.6) is 0 Å². The van der Waals surface area contributed by atoms with Gasteiger partial charge in [-0.1, -0.05) is 30.3 Å². The van der Waals surface area contributed by atoms with Gasteiger partial charge in [-0.15, -0.1) is 0 Å². The third-order valence-electron chi connectivity index (χ3n) is 3.37. The molecule has 0 aromatic heterocycles. The molecule has 0 spiro atoms. The van der Waals surface area contributed by atoms with E-state index in [4.69, 9.17) is 14.9 Å². The van der Waals surface area contributed by atoms with Gasteiger partial charge in [0.05, 0.1) is 12.7 Å². The van der Waals surface area contributed by atoms with E-state index in [1.807, 2.05) is 30.3 Å². The monoisotopic (exact) mass is 222 g/mol. The highest BCUT2D eigenvalue weighted by atomic mass is 16.5. The first-order valence-electron chi connectivity index (χ1n) is 5.72. The molecule has 0 bridgehead atoms. The molecular weight excluding hydrogens is 204 g/mol. The molecule has 1 aliphatic carbocycles. The van der Waals surface area contributed by atoms with Gasteiger partial charge in [0.1, 0.15) is 0 Å². The van der Waals surface area contributed by atoms with Crippen LogP contribution in [0.2, 0.25) is 0 Å². The van der Waals surface area contributed by atoms with Crippen LogP contribution in [0.15, 0.2) is 30.3 Å². The lowest BCUT2D eigenvalue weighted by Gasteiger charge is -2.42. The Hall–Kier alpha value is -0.900.